The third kappa shape index (κ3) is 2.39. The van der Waals surface area contributed by atoms with Crippen LogP contribution in [0.25, 0.3) is 10.9 Å². The van der Waals surface area contributed by atoms with Crippen LogP contribution in [0.1, 0.15) is 24.6 Å². The highest BCUT2D eigenvalue weighted by Crippen LogP contribution is 2.30. The van der Waals surface area contributed by atoms with Gasteiger partial charge in [0, 0.05) is 22.7 Å². The Morgan fingerprint density at radius 1 is 1.22 bits per heavy atom. The summed E-state index contributed by atoms with van der Waals surface area (Å²) in [6.45, 7) is 1.97. The molecule has 0 spiro atoms. The van der Waals surface area contributed by atoms with Gasteiger partial charge in [-0.2, -0.15) is 13.2 Å². The van der Waals surface area contributed by atoms with Crippen molar-refractivity contribution < 1.29 is 13.2 Å². The first-order valence-electron chi connectivity index (χ1n) is 5.65. The zero-order valence-corrected chi connectivity index (χ0v) is 9.77. The third-order valence-electron chi connectivity index (χ3n) is 2.73. The lowest BCUT2D eigenvalue weighted by atomic mass is 10.1. The molecule has 18 heavy (non-hydrogen) atoms. The molecule has 1 N–H and O–H groups in total. The number of alkyl halides is 3. The zero-order chi connectivity index (χ0) is 13.3. The van der Waals surface area contributed by atoms with E-state index in [2.05, 4.69) is 4.98 Å². The van der Waals surface area contributed by atoms with Crippen molar-refractivity contribution in [2.45, 2.75) is 25.9 Å². The average Bonchev–Trinajstić information content (AvgIpc) is 2.27. The fraction of sp³-hybridized carbons (Fsp3) is 0.308. The number of hydrogen-bond acceptors (Lipinski definition) is 1. The van der Waals surface area contributed by atoms with Crippen LogP contribution in [0.5, 0.6) is 0 Å². The molecule has 1 heterocycles. The van der Waals surface area contributed by atoms with Crippen LogP contribution in [-0.2, 0) is 12.6 Å². The van der Waals surface area contributed by atoms with E-state index in [-0.39, 0.29) is 10.8 Å². The number of halogens is 3. The van der Waals surface area contributed by atoms with Gasteiger partial charge in [-0.15, -0.1) is 0 Å². The van der Waals surface area contributed by atoms with Crippen LogP contribution < -0.4 is 5.43 Å². The minimum atomic E-state index is -4.43. The van der Waals surface area contributed by atoms with E-state index >= 15 is 0 Å². The van der Waals surface area contributed by atoms with Crippen molar-refractivity contribution in [2.75, 3.05) is 0 Å². The van der Waals surface area contributed by atoms with Crippen LogP contribution in [0.4, 0.5) is 13.2 Å². The quantitative estimate of drug-likeness (QED) is 0.875. The summed E-state index contributed by atoms with van der Waals surface area (Å²) in [6.07, 6.45) is -2.86. The van der Waals surface area contributed by atoms with Crippen LogP contribution in [0, 0.1) is 0 Å². The summed E-state index contributed by atoms with van der Waals surface area (Å²) in [4.78, 5) is 14.7. The summed E-state index contributed by atoms with van der Waals surface area (Å²) in [6, 6.07) is 4.54. The lowest BCUT2D eigenvalue weighted by Gasteiger charge is -2.08. The molecule has 96 valence electrons. The van der Waals surface area contributed by atoms with E-state index in [0.717, 1.165) is 24.2 Å². The van der Waals surface area contributed by atoms with E-state index < -0.39 is 11.7 Å². The maximum Gasteiger partial charge on any atom is 0.416 e. The summed E-state index contributed by atoms with van der Waals surface area (Å²) in [7, 11) is 0. The Morgan fingerprint density at radius 3 is 2.56 bits per heavy atom. The highest BCUT2D eigenvalue weighted by molar-refractivity contribution is 5.79. The van der Waals surface area contributed by atoms with Crippen molar-refractivity contribution in [2.24, 2.45) is 0 Å². The van der Waals surface area contributed by atoms with E-state index in [0.29, 0.717) is 11.9 Å². The molecule has 1 aromatic heterocycles. The van der Waals surface area contributed by atoms with Gasteiger partial charge in [-0.25, -0.2) is 0 Å². The Morgan fingerprint density at radius 2 is 1.94 bits per heavy atom. The topological polar surface area (TPSA) is 32.9 Å². The molecule has 0 amide bonds. The Balaban J connectivity index is 2.62. The van der Waals surface area contributed by atoms with E-state index in [1.807, 2.05) is 6.92 Å². The fourth-order valence-electron chi connectivity index (χ4n) is 1.88. The SMILES string of the molecule is CCCc1cc(=O)c2cc(C(F)(F)F)ccc2[nH]1. The first kappa shape index (κ1) is 12.7. The van der Waals surface area contributed by atoms with Crippen LogP contribution in [0.2, 0.25) is 0 Å². The lowest BCUT2D eigenvalue weighted by Crippen LogP contribution is -2.09. The van der Waals surface area contributed by atoms with Crippen LogP contribution in [-0.4, -0.2) is 4.98 Å². The molecule has 0 saturated heterocycles. The second-order valence-electron chi connectivity index (χ2n) is 4.17. The monoisotopic (exact) mass is 255 g/mol. The van der Waals surface area contributed by atoms with Crippen LogP contribution in [0.3, 0.4) is 0 Å². The van der Waals surface area contributed by atoms with E-state index in [1.165, 1.54) is 12.1 Å². The molecule has 0 aliphatic carbocycles. The molecule has 0 unspecified atom stereocenters. The molecular weight excluding hydrogens is 243 g/mol. The van der Waals surface area contributed by atoms with Gasteiger partial charge >= 0.3 is 6.18 Å². The van der Waals surface area contributed by atoms with Crippen molar-refractivity contribution >= 4 is 10.9 Å². The molecule has 0 aliphatic rings. The van der Waals surface area contributed by atoms with Crippen molar-refractivity contribution in [1.29, 1.82) is 0 Å². The molecule has 2 aromatic rings. The summed E-state index contributed by atoms with van der Waals surface area (Å²) in [5, 5.41) is 0.0738. The number of hydrogen-bond donors (Lipinski definition) is 1. The molecule has 0 aliphatic heterocycles. The third-order valence-corrected chi connectivity index (χ3v) is 2.73. The van der Waals surface area contributed by atoms with E-state index in [1.54, 1.807) is 0 Å². The van der Waals surface area contributed by atoms with Crippen molar-refractivity contribution in [1.82, 2.24) is 4.98 Å². The standard InChI is InChI=1S/C13H12F3NO/c1-2-3-9-7-12(18)10-6-8(13(14,15)16)4-5-11(10)17-9/h4-7H,2-3H2,1H3,(H,17,18). The Labute approximate surface area is 101 Å². The van der Waals surface area contributed by atoms with Crippen LogP contribution >= 0.6 is 0 Å². The predicted molar refractivity (Wildman–Crippen MR) is 63.6 cm³/mol. The first-order valence-corrected chi connectivity index (χ1v) is 5.65. The summed E-state index contributed by atoms with van der Waals surface area (Å²) in [5.41, 5.74) is 0.00995. The van der Waals surface area contributed by atoms with Crippen molar-refractivity contribution in [3.63, 3.8) is 0 Å². The van der Waals surface area contributed by atoms with E-state index in [4.69, 9.17) is 0 Å². The number of pyridine rings is 1. The van der Waals surface area contributed by atoms with Gasteiger partial charge < -0.3 is 4.98 Å². The van der Waals surface area contributed by atoms with E-state index in [9.17, 15) is 18.0 Å². The normalized spacial score (nSPS) is 12.0. The average molecular weight is 255 g/mol. The molecule has 5 heteroatoms. The second-order valence-corrected chi connectivity index (χ2v) is 4.17. The number of aromatic nitrogens is 1. The predicted octanol–water partition coefficient (Wildman–Crippen LogP) is 3.50. The highest BCUT2D eigenvalue weighted by atomic mass is 19.4. The molecule has 2 nitrogen and oxygen atoms in total. The van der Waals surface area contributed by atoms with Gasteiger partial charge in [-0.1, -0.05) is 13.3 Å². The molecule has 0 bridgehead atoms. The molecule has 0 fully saturated rings. The molecule has 0 atom stereocenters. The largest absolute Gasteiger partial charge is 0.416 e. The number of aryl methyl sites for hydroxylation is 1. The first-order chi connectivity index (χ1) is 8.41. The lowest BCUT2D eigenvalue weighted by molar-refractivity contribution is -0.137. The number of fused-ring (bicyclic) bond motifs is 1. The maximum absolute atomic E-state index is 12.5. The minimum absolute atomic E-state index is 0.0738. The molecule has 0 saturated carbocycles. The number of H-pyrrole nitrogens is 1. The Hall–Kier alpha value is -1.78. The Kier molecular flexibility index (Phi) is 3.15. The highest BCUT2D eigenvalue weighted by Gasteiger charge is 2.30. The zero-order valence-electron chi connectivity index (χ0n) is 9.77. The van der Waals surface area contributed by atoms with Crippen LogP contribution in [0.15, 0.2) is 29.1 Å². The Bertz CT molecular complexity index is 628. The van der Waals surface area contributed by atoms with Gasteiger partial charge in [0.2, 0.25) is 0 Å². The fourth-order valence-corrected chi connectivity index (χ4v) is 1.88. The summed E-state index contributed by atoms with van der Waals surface area (Å²) >= 11 is 0. The number of aromatic amines is 1. The molecule has 2 rings (SSSR count). The number of benzene rings is 1. The van der Waals surface area contributed by atoms with Gasteiger partial charge in [-0.05, 0) is 24.6 Å². The van der Waals surface area contributed by atoms with Gasteiger partial charge in [-0.3, -0.25) is 4.79 Å². The van der Waals surface area contributed by atoms with Gasteiger partial charge in [0.05, 0.1) is 5.56 Å². The smallest absolute Gasteiger partial charge is 0.358 e. The number of nitrogens with one attached hydrogen (secondary N) is 1. The van der Waals surface area contributed by atoms with Crippen molar-refractivity contribution in [3.05, 3.63) is 45.7 Å². The number of rotatable bonds is 2. The summed E-state index contributed by atoms with van der Waals surface area (Å²) in [5.74, 6) is 0. The second kappa shape index (κ2) is 4.48. The van der Waals surface area contributed by atoms with Gasteiger partial charge in [0.15, 0.2) is 5.43 Å². The minimum Gasteiger partial charge on any atom is -0.358 e. The maximum atomic E-state index is 12.5. The summed E-state index contributed by atoms with van der Waals surface area (Å²) < 4.78 is 37.6. The van der Waals surface area contributed by atoms with Gasteiger partial charge in [0.1, 0.15) is 0 Å². The molecule has 0 radical (unpaired) electrons. The van der Waals surface area contributed by atoms with Gasteiger partial charge in [0.25, 0.3) is 0 Å². The van der Waals surface area contributed by atoms with Crippen molar-refractivity contribution in [3.8, 4) is 0 Å². The molecule has 1 aromatic carbocycles. The molecular formula is C13H12F3NO.